The number of likely N-dealkylation sites (tertiary alicyclic amines) is 1. The maximum Gasteiger partial charge on any atom is 0.340 e. The second-order valence-electron chi connectivity index (χ2n) is 5.39. The molecule has 1 fully saturated rings. The summed E-state index contributed by atoms with van der Waals surface area (Å²) < 4.78 is 5.09. The van der Waals surface area contributed by atoms with Crippen LogP contribution in [0, 0.1) is 5.92 Å². The zero-order chi connectivity index (χ0) is 14.4. The summed E-state index contributed by atoms with van der Waals surface area (Å²) in [5.41, 5.74) is 1.51. The van der Waals surface area contributed by atoms with Crippen LogP contribution in [0.4, 0.5) is 5.69 Å². The van der Waals surface area contributed by atoms with Crippen molar-refractivity contribution < 1.29 is 9.53 Å². The van der Waals surface area contributed by atoms with Crippen LogP contribution in [0.15, 0.2) is 24.3 Å². The molecule has 1 aromatic carbocycles. The van der Waals surface area contributed by atoms with Crippen LogP contribution < -0.4 is 5.32 Å². The molecule has 4 nitrogen and oxygen atoms in total. The first kappa shape index (κ1) is 14.9. The van der Waals surface area contributed by atoms with E-state index in [4.69, 9.17) is 4.74 Å². The highest BCUT2D eigenvalue weighted by molar-refractivity contribution is 5.95. The summed E-state index contributed by atoms with van der Waals surface area (Å²) in [6, 6.07) is 7.57. The average Bonchev–Trinajstić information content (AvgIpc) is 2.47. The quantitative estimate of drug-likeness (QED) is 0.839. The van der Waals surface area contributed by atoms with E-state index < -0.39 is 0 Å². The first-order valence-corrected chi connectivity index (χ1v) is 7.39. The fraction of sp³-hybridized carbons (Fsp3) is 0.562. The number of hydrogen-bond acceptors (Lipinski definition) is 4. The number of benzene rings is 1. The lowest BCUT2D eigenvalue weighted by Crippen LogP contribution is -2.33. The van der Waals surface area contributed by atoms with E-state index in [1.807, 2.05) is 31.2 Å². The van der Waals surface area contributed by atoms with Crippen molar-refractivity contribution >= 4 is 11.7 Å². The molecule has 4 heteroatoms. The molecule has 0 bridgehead atoms. The van der Waals surface area contributed by atoms with Crippen molar-refractivity contribution in [3.8, 4) is 0 Å². The van der Waals surface area contributed by atoms with Crippen molar-refractivity contribution in [2.75, 3.05) is 38.6 Å². The molecule has 1 N–H and O–H groups in total. The minimum Gasteiger partial charge on any atom is -0.462 e. The van der Waals surface area contributed by atoms with Gasteiger partial charge in [-0.3, -0.25) is 0 Å². The fourth-order valence-corrected chi connectivity index (χ4v) is 2.54. The number of hydrogen-bond donors (Lipinski definition) is 1. The molecule has 2 rings (SSSR count). The van der Waals surface area contributed by atoms with Gasteiger partial charge in [0.15, 0.2) is 0 Å². The first-order valence-electron chi connectivity index (χ1n) is 7.39. The maximum absolute atomic E-state index is 11.9. The van der Waals surface area contributed by atoms with Gasteiger partial charge in [-0.2, -0.15) is 0 Å². The third-order valence-electron chi connectivity index (χ3n) is 3.84. The Hall–Kier alpha value is -1.55. The highest BCUT2D eigenvalue weighted by atomic mass is 16.5. The molecule has 0 unspecified atom stereocenters. The van der Waals surface area contributed by atoms with Gasteiger partial charge in [0.1, 0.15) is 0 Å². The normalized spacial score (nSPS) is 16.9. The lowest BCUT2D eigenvalue weighted by atomic mass is 9.97. The molecule has 0 aromatic heterocycles. The Labute approximate surface area is 121 Å². The van der Waals surface area contributed by atoms with Gasteiger partial charge >= 0.3 is 5.97 Å². The van der Waals surface area contributed by atoms with Crippen molar-refractivity contribution in [1.29, 1.82) is 0 Å². The molecular weight excluding hydrogens is 252 g/mol. The lowest BCUT2D eigenvalue weighted by molar-refractivity contribution is 0.0527. The molecule has 1 aromatic rings. The number of carbonyl (C=O) groups excluding carboxylic acids is 1. The smallest absolute Gasteiger partial charge is 0.340 e. The second kappa shape index (κ2) is 7.29. The summed E-state index contributed by atoms with van der Waals surface area (Å²) in [6.45, 7) is 5.47. The Kier molecular flexibility index (Phi) is 5.41. The number of esters is 1. The number of ether oxygens (including phenoxy) is 1. The summed E-state index contributed by atoms with van der Waals surface area (Å²) in [6.07, 6.45) is 2.43. The monoisotopic (exact) mass is 276 g/mol. The SMILES string of the molecule is CCOC(=O)c1ccccc1NCC1CCN(C)CC1. The molecule has 1 heterocycles. The van der Waals surface area contributed by atoms with E-state index in [1.165, 1.54) is 12.8 Å². The number of carbonyl (C=O) groups is 1. The van der Waals surface area contributed by atoms with Crippen LogP contribution in [-0.2, 0) is 4.74 Å². The summed E-state index contributed by atoms with van der Waals surface area (Å²) in [4.78, 5) is 14.3. The minimum absolute atomic E-state index is 0.251. The average molecular weight is 276 g/mol. The van der Waals surface area contributed by atoms with Gasteiger partial charge in [0.25, 0.3) is 0 Å². The summed E-state index contributed by atoms with van der Waals surface area (Å²) >= 11 is 0. The Balaban J connectivity index is 1.94. The van der Waals surface area contributed by atoms with Gasteiger partial charge in [-0.1, -0.05) is 12.1 Å². The van der Waals surface area contributed by atoms with Crippen molar-refractivity contribution in [2.24, 2.45) is 5.92 Å². The van der Waals surface area contributed by atoms with Crippen molar-refractivity contribution in [3.05, 3.63) is 29.8 Å². The Morgan fingerprint density at radius 3 is 2.75 bits per heavy atom. The Morgan fingerprint density at radius 2 is 2.05 bits per heavy atom. The minimum atomic E-state index is -0.251. The lowest BCUT2D eigenvalue weighted by Gasteiger charge is -2.29. The Bertz CT molecular complexity index is 440. The number of nitrogens with zero attached hydrogens (tertiary/aromatic N) is 1. The number of nitrogens with one attached hydrogen (secondary N) is 1. The van der Waals surface area contributed by atoms with Gasteiger partial charge in [-0.15, -0.1) is 0 Å². The van der Waals surface area contributed by atoms with Gasteiger partial charge in [0, 0.05) is 12.2 Å². The number of rotatable bonds is 5. The molecule has 0 aliphatic carbocycles. The van der Waals surface area contributed by atoms with Crippen LogP contribution in [0.3, 0.4) is 0 Å². The van der Waals surface area contributed by atoms with Gasteiger partial charge in [0.2, 0.25) is 0 Å². The zero-order valence-electron chi connectivity index (χ0n) is 12.4. The molecule has 110 valence electrons. The molecule has 1 aliphatic heterocycles. The highest BCUT2D eigenvalue weighted by Crippen LogP contribution is 2.20. The maximum atomic E-state index is 11.9. The largest absolute Gasteiger partial charge is 0.462 e. The van der Waals surface area contributed by atoms with Crippen LogP contribution >= 0.6 is 0 Å². The van der Waals surface area contributed by atoms with Crippen molar-refractivity contribution in [3.63, 3.8) is 0 Å². The van der Waals surface area contributed by atoms with Crippen molar-refractivity contribution in [2.45, 2.75) is 19.8 Å². The molecule has 0 atom stereocenters. The third kappa shape index (κ3) is 3.97. The van der Waals surface area contributed by atoms with Crippen LogP contribution in [0.25, 0.3) is 0 Å². The molecule has 0 radical (unpaired) electrons. The van der Waals surface area contributed by atoms with E-state index in [0.717, 1.165) is 25.3 Å². The predicted octanol–water partition coefficient (Wildman–Crippen LogP) is 2.62. The standard InChI is InChI=1S/C16H24N2O2/c1-3-20-16(19)14-6-4-5-7-15(14)17-12-13-8-10-18(2)11-9-13/h4-7,13,17H,3,8-12H2,1-2H3. The number of anilines is 1. The van der Waals surface area contributed by atoms with E-state index in [2.05, 4.69) is 17.3 Å². The van der Waals surface area contributed by atoms with E-state index >= 15 is 0 Å². The molecule has 1 aliphatic rings. The van der Waals surface area contributed by atoms with Crippen LogP contribution in [0.5, 0.6) is 0 Å². The molecule has 0 spiro atoms. The predicted molar refractivity (Wildman–Crippen MR) is 81.1 cm³/mol. The zero-order valence-corrected chi connectivity index (χ0v) is 12.4. The molecule has 0 amide bonds. The van der Waals surface area contributed by atoms with Gasteiger partial charge in [-0.05, 0) is 58.0 Å². The van der Waals surface area contributed by atoms with Crippen molar-refractivity contribution in [1.82, 2.24) is 4.90 Å². The van der Waals surface area contributed by atoms with Crippen LogP contribution in [-0.4, -0.2) is 44.2 Å². The summed E-state index contributed by atoms with van der Waals surface area (Å²) in [7, 11) is 2.17. The number of para-hydroxylation sites is 1. The van der Waals surface area contributed by atoms with Gasteiger partial charge < -0.3 is 15.0 Å². The van der Waals surface area contributed by atoms with E-state index in [1.54, 1.807) is 0 Å². The fourth-order valence-electron chi connectivity index (χ4n) is 2.54. The third-order valence-corrected chi connectivity index (χ3v) is 3.84. The molecular formula is C16H24N2O2. The van der Waals surface area contributed by atoms with E-state index in [9.17, 15) is 4.79 Å². The molecule has 20 heavy (non-hydrogen) atoms. The van der Waals surface area contributed by atoms with Gasteiger partial charge in [-0.25, -0.2) is 4.79 Å². The summed E-state index contributed by atoms with van der Waals surface area (Å²) in [5, 5.41) is 3.42. The van der Waals surface area contributed by atoms with E-state index in [0.29, 0.717) is 18.1 Å². The van der Waals surface area contributed by atoms with Crippen LogP contribution in [0.2, 0.25) is 0 Å². The highest BCUT2D eigenvalue weighted by Gasteiger charge is 2.17. The first-order chi connectivity index (χ1) is 9.70. The molecule has 0 saturated carbocycles. The van der Waals surface area contributed by atoms with Gasteiger partial charge in [0.05, 0.1) is 12.2 Å². The molecule has 1 saturated heterocycles. The second-order valence-corrected chi connectivity index (χ2v) is 5.39. The topological polar surface area (TPSA) is 41.6 Å². The van der Waals surface area contributed by atoms with Crippen LogP contribution in [0.1, 0.15) is 30.1 Å². The summed E-state index contributed by atoms with van der Waals surface area (Å²) in [5.74, 6) is 0.431. The number of piperidine rings is 1. The Morgan fingerprint density at radius 1 is 1.35 bits per heavy atom. The van der Waals surface area contributed by atoms with E-state index in [-0.39, 0.29) is 5.97 Å².